The Morgan fingerprint density at radius 1 is 1.42 bits per heavy atom. The lowest BCUT2D eigenvalue weighted by Crippen LogP contribution is -2.02. The summed E-state index contributed by atoms with van der Waals surface area (Å²) in [5.41, 5.74) is 0.938. The van der Waals surface area contributed by atoms with Crippen LogP contribution in [0.2, 0.25) is 5.28 Å². The van der Waals surface area contributed by atoms with E-state index in [9.17, 15) is 0 Å². The molecule has 4 heteroatoms. The van der Waals surface area contributed by atoms with Crippen molar-refractivity contribution < 1.29 is 4.74 Å². The molecular formula is C8H11ClN2O. The zero-order valence-corrected chi connectivity index (χ0v) is 7.88. The molecule has 0 saturated heterocycles. The van der Waals surface area contributed by atoms with E-state index < -0.39 is 0 Å². The lowest BCUT2D eigenvalue weighted by Gasteiger charge is -2.05. The van der Waals surface area contributed by atoms with Gasteiger partial charge in [0.1, 0.15) is 0 Å². The van der Waals surface area contributed by atoms with Gasteiger partial charge in [-0.2, -0.15) is 0 Å². The maximum absolute atomic E-state index is 5.51. The second kappa shape index (κ2) is 4.38. The van der Waals surface area contributed by atoms with Crippen LogP contribution in [0.25, 0.3) is 0 Å². The van der Waals surface area contributed by atoms with Gasteiger partial charge in [-0.25, -0.2) is 9.97 Å². The highest BCUT2D eigenvalue weighted by Gasteiger charge is 1.97. The molecule has 66 valence electrons. The Morgan fingerprint density at radius 3 is 2.50 bits per heavy atom. The maximum Gasteiger partial charge on any atom is 0.222 e. The standard InChI is InChI=1S/C8H11ClN2O/c1-6(2)12-5-7-3-10-8(9)11-4-7/h3-4,6H,5H2,1-2H3. The SMILES string of the molecule is CC(C)OCc1cnc(Cl)nc1. The molecule has 0 aliphatic rings. The fourth-order valence-corrected chi connectivity index (χ4v) is 0.774. The monoisotopic (exact) mass is 186 g/mol. The zero-order chi connectivity index (χ0) is 8.97. The summed E-state index contributed by atoms with van der Waals surface area (Å²) in [7, 11) is 0. The first kappa shape index (κ1) is 9.42. The molecule has 0 radical (unpaired) electrons. The number of aromatic nitrogens is 2. The van der Waals surface area contributed by atoms with Crippen LogP contribution >= 0.6 is 11.6 Å². The third-order valence-corrected chi connectivity index (χ3v) is 1.45. The van der Waals surface area contributed by atoms with Crippen molar-refractivity contribution in [3.8, 4) is 0 Å². The number of hydrogen-bond acceptors (Lipinski definition) is 3. The Bertz CT molecular complexity index is 235. The maximum atomic E-state index is 5.51. The van der Waals surface area contributed by atoms with Gasteiger partial charge in [0.2, 0.25) is 5.28 Å². The summed E-state index contributed by atoms with van der Waals surface area (Å²) in [6.07, 6.45) is 3.55. The minimum Gasteiger partial charge on any atom is -0.374 e. The Labute approximate surface area is 76.7 Å². The van der Waals surface area contributed by atoms with Crippen molar-refractivity contribution in [3.63, 3.8) is 0 Å². The summed E-state index contributed by atoms with van der Waals surface area (Å²) < 4.78 is 5.34. The molecule has 12 heavy (non-hydrogen) atoms. The Hall–Kier alpha value is -0.670. The molecule has 0 aromatic carbocycles. The van der Waals surface area contributed by atoms with Crippen LogP contribution in [0.3, 0.4) is 0 Å². The van der Waals surface area contributed by atoms with Crippen molar-refractivity contribution in [2.75, 3.05) is 0 Å². The molecule has 0 aliphatic carbocycles. The zero-order valence-electron chi connectivity index (χ0n) is 7.12. The molecule has 0 unspecified atom stereocenters. The van der Waals surface area contributed by atoms with E-state index in [1.165, 1.54) is 0 Å². The van der Waals surface area contributed by atoms with Gasteiger partial charge in [-0.05, 0) is 25.4 Å². The van der Waals surface area contributed by atoms with Gasteiger partial charge < -0.3 is 4.74 Å². The van der Waals surface area contributed by atoms with E-state index in [-0.39, 0.29) is 11.4 Å². The van der Waals surface area contributed by atoms with Crippen molar-refractivity contribution in [3.05, 3.63) is 23.2 Å². The van der Waals surface area contributed by atoms with Crippen molar-refractivity contribution in [1.29, 1.82) is 0 Å². The second-order valence-corrected chi connectivity index (χ2v) is 3.06. The highest BCUT2D eigenvalue weighted by atomic mass is 35.5. The summed E-state index contributed by atoms with van der Waals surface area (Å²) in [5.74, 6) is 0. The van der Waals surface area contributed by atoms with Crippen LogP contribution in [-0.2, 0) is 11.3 Å². The van der Waals surface area contributed by atoms with Gasteiger partial charge in [0.15, 0.2) is 0 Å². The van der Waals surface area contributed by atoms with Gasteiger partial charge in [0.05, 0.1) is 12.7 Å². The van der Waals surface area contributed by atoms with E-state index in [0.717, 1.165) is 5.56 Å². The average Bonchev–Trinajstić information content (AvgIpc) is 2.03. The summed E-state index contributed by atoms with van der Waals surface area (Å²) in [6.45, 7) is 4.50. The third-order valence-electron chi connectivity index (χ3n) is 1.26. The van der Waals surface area contributed by atoms with Crippen molar-refractivity contribution in [2.24, 2.45) is 0 Å². The summed E-state index contributed by atoms with van der Waals surface area (Å²) in [6, 6.07) is 0. The fourth-order valence-electron chi connectivity index (χ4n) is 0.676. The van der Waals surface area contributed by atoms with E-state index >= 15 is 0 Å². The number of rotatable bonds is 3. The number of halogens is 1. The normalized spacial score (nSPS) is 10.7. The first-order chi connectivity index (χ1) is 5.68. The third kappa shape index (κ3) is 3.15. The largest absolute Gasteiger partial charge is 0.374 e. The molecule has 0 spiro atoms. The molecule has 1 heterocycles. The number of hydrogen-bond donors (Lipinski definition) is 0. The van der Waals surface area contributed by atoms with E-state index in [1.807, 2.05) is 13.8 Å². The van der Waals surface area contributed by atoms with E-state index in [2.05, 4.69) is 9.97 Å². The first-order valence-electron chi connectivity index (χ1n) is 3.76. The molecule has 1 aromatic heterocycles. The molecule has 1 aromatic rings. The molecule has 0 aliphatic heterocycles. The van der Waals surface area contributed by atoms with Gasteiger partial charge in [-0.15, -0.1) is 0 Å². The van der Waals surface area contributed by atoms with Gasteiger partial charge >= 0.3 is 0 Å². The summed E-state index contributed by atoms with van der Waals surface area (Å²) >= 11 is 5.51. The lowest BCUT2D eigenvalue weighted by atomic mass is 10.3. The molecule has 0 amide bonds. The smallest absolute Gasteiger partial charge is 0.222 e. The van der Waals surface area contributed by atoms with Crippen LogP contribution in [0.4, 0.5) is 0 Å². The van der Waals surface area contributed by atoms with Gasteiger partial charge in [-0.3, -0.25) is 0 Å². The molecule has 0 bridgehead atoms. The predicted octanol–water partition coefficient (Wildman–Crippen LogP) is 2.05. The first-order valence-corrected chi connectivity index (χ1v) is 4.14. The van der Waals surface area contributed by atoms with Crippen molar-refractivity contribution in [1.82, 2.24) is 9.97 Å². The minimum absolute atomic E-state index is 0.223. The van der Waals surface area contributed by atoms with Crippen LogP contribution in [0.15, 0.2) is 12.4 Å². The summed E-state index contributed by atoms with van der Waals surface area (Å²) in [5, 5.41) is 0.267. The van der Waals surface area contributed by atoms with Crippen LogP contribution in [0.5, 0.6) is 0 Å². The van der Waals surface area contributed by atoms with E-state index in [4.69, 9.17) is 16.3 Å². The Balaban J connectivity index is 2.48. The molecule has 0 atom stereocenters. The van der Waals surface area contributed by atoms with Crippen molar-refractivity contribution in [2.45, 2.75) is 26.6 Å². The molecule has 3 nitrogen and oxygen atoms in total. The lowest BCUT2D eigenvalue weighted by molar-refractivity contribution is 0.0653. The minimum atomic E-state index is 0.223. The Morgan fingerprint density at radius 2 is 2.00 bits per heavy atom. The molecule has 1 rings (SSSR count). The second-order valence-electron chi connectivity index (χ2n) is 2.72. The number of nitrogens with zero attached hydrogens (tertiary/aromatic N) is 2. The molecule has 0 fully saturated rings. The fraction of sp³-hybridized carbons (Fsp3) is 0.500. The van der Waals surface area contributed by atoms with Crippen LogP contribution in [0, 0.1) is 0 Å². The molecular weight excluding hydrogens is 176 g/mol. The molecule has 0 saturated carbocycles. The highest BCUT2D eigenvalue weighted by Crippen LogP contribution is 2.03. The highest BCUT2D eigenvalue weighted by molar-refractivity contribution is 6.28. The number of ether oxygens (including phenoxy) is 1. The van der Waals surface area contributed by atoms with Crippen LogP contribution in [-0.4, -0.2) is 16.1 Å². The van der Waals surface area contributed by atoms with Crippen molar-refractivity contribution >= 4 is 11.6 Å². The predicted molar refractivity (Wildman–Crippen MR) is 47.0 cm³/mol. The van der Waals surface area contributed by atoms with Crippen LogP contribution < -0.4 is 0 Å². The quantitative estimate of drug-likeness (QED) is 0.678. The van der Waals surface area contributed by atoms with Crippen LogP contribution in [0.1, 0.15) is 19.4 Å². The molecule has 0 N–H and O–H groups in total. The average molecular weight is 187 g/mol. The van der Waals surface area contributed by atoms with Gasteiger partial charge in [-0.1, -0.05) is 0 Å². The van der Waals surface area contributed by atoms with Gasteiger partial charge in [0.25, 0.3) is 0 Å². The summed E-state index contributed by atoms with van der Waals surface area (Å²) in [4.78, 5) is 7.66. The van der Waals surface area contributed by atoms with E-state index in [0.29, 0.717) is 6.61 Å². The Kier molecular flexibility index (Phi) is 3.44. The topological polar surface area (TPSA) is 35.0 Å². The van der Waals surface area contributed by atoms with E-state index in [1.54, 1.807) is 12.4 Å². The van der Waals surface area contributed by atoms with Gasteiger partial charge in [0, 0.05) is 18.0 Å².